The van der Waals surface area contributed by atoms with Gasteiger partial charge in [0.25, 0.3) is 0 Å². The van der Waals surface area contributed by atoms with Gasteiger partial charge < -0.3 is 14.7 Å². The quantitative estimate of drug-likeness (QED) is 0.237. The number of aliphatic hydroxyl groups is 2. The van der Waals surface area contributed by atoms with E-state index in [0.717, 1.165) is 62.5 Å². The van der Waals surface area contributed by atoms with E-state index < -0.39 is 5.60 Å². The van der Waals surface area contributed by atoms with Gasteiger partial charge in [0.1, 0.15) is 5.60 Å². The Hall–Kier alpha value is -2.09. The number of hydrogen-bond acceptors (Lipinski definition) is 4. The van der Waals surface area contributed by atoms with Crippen LogP contribution in [0.1, 0.15) is 183 Å². The van der Waals surface area contributed by atoms with Crippen LogP contribution in [0.3, 0.4) is 0 Å². The molecule has 2 N–H and O–H groups in total. The van der Waals surface area contributed by atoms with Crippen LogP contribution in [0.25, 0.3) is 6.08 Å². The average molecular weight is 764 g/mol. The second-order valence-corrected chi connectivity index (χ2v) is 23.0. The number of allylic oxidation sites excluding steroid dienone is 5. The summed E-state index contributed by atoms with van der Waals surface area (Å²) >= 11 is 0. The number of fused-ring (bicyclic) bond motifs is 10. The SMILES string of the molecule is C#CC1(O)CCC2C3CCC4=Cc5oncc5CC4(C)C3CCC21C.CC(C)=CCCC(C)C1CCC2(C)C3=C(CCC12C)C1(C)CCC(O)C(C)(C)C1CC3. The summed E-state index contributed by atoms with van der Waals surface area (Å²) < 4.78 is 5.43. The summed E-state index contributed by atoms with van der Waals surface area (Å²) in [6.07, 6.45) is 32.5. The predicted molar refractivity (Wildman–Crippen MR) is 229 cm³/mol. The molecule has 8 aliphatic carbocycles. The summed E-state index contributed by atoms with van der Waals surface area (Å²) in [5.41, 5.74) is 8.40. The number of nitrogens with zero attached hydrogens (tertiary/aromatic N) is 1. The maximum absolute atomic E-state index is 11.1. The smallest absolute Gasteiger partial charge is 0.162 e. The van der Waals surface area contributed by atoms with Gasteiger partial charge in [-0.2, -0.15) is 0 Å². The molecule has 1 aromatic heterocycles. The molecule has 0 aromatic carbocycles. The first kappa shape index (κ1) is 40.7. The fraction of sp³-hybridized carbons (Fsp3) is 0.788. The van der Waals surface area contributed by atoms with Gasteiger partial charge in [0.05, 0.1) is 12.3 Å². The largest absolute Gasteiger partial charge is 0.393 e. The molecule has 1 aromatic rings. The molecule has 0 bridgehead atoms. The molecule has 0 saturated heterocycles. The topological polar surface area (TPSA) is 66.5 Å². The van der Waals surface area contributed by atoms with E-state index in [1.165, 1.54) is 75.3 Å². The van der Waals surface area contributed by atoms with Gasteiger partial charge in [-0.1, -0.05) is 94.8 Å². The summed E-state index contributed by atoms with van der Waals surface area (Å²) in [4.78, 5) is 0. The lowest BCUT2D eigenvalue weighted by Crippen LogP contribution is -2.55. The highest BCUT2D eigenvalue weighted by Gasteiger charge is 2.65. The Balaban J connectivity index is 0.000000161. The van der Waals surface area contributed by atoms with Crippen LogP contribution in [-0.4, -0.2) is 27.1 Å². The molecule has 13 unspecified atom stereocenters. The molecule has 0 spiro atoms. The van der Waals surface area contributed by atoms with Gasteiger partial charge in [0.15, 0.2) is 5.76 Å². The predicted octanol–water partition coefficient (Wildman–Crippen LogP) is 12.7. The maximum Gasteiger partial charge on any atom is 0.162 e. The van der Waals surface area contributed by atoms with Crippen molar-refractivity contribution in [3.63, 3.8) is 0 Å². The van der Waals surface area contributed by atoms with Crippen molar-refractivity contribution in [1.82, 2.24) is 5.16 Å². The van der Waals surface area contributed by atoms with E-state index in [-0.39, 0.29) is 22.3 Å². The normalized spacial score (nSPS) is 46.2. The zero-order valence-corrected chi connectivity index (χ0v) is 37.1. The van der Waals surface area contributed by atoms with Crippen molar-refractivity contribution in [2.24, 2.45) is 68.0 Å². The first-order chi connectivity index (χ1) is 26.3. The monoisotopic (exact) mass is 764 g/mol. The molecule has 4 heteroatoms. The third-order valence-electron chi connectivity index (χ3n) is 20.3. The van der Waals surface area contributed by atoms with Gasteiger partial charge in [-0.15, -0.1) is 6.42 Å². The lowest BCUT2D eigenvalue weighted by Gasteiger charge is -2.62. The zero-order valence-electron chi connectivity index (χ0n) is 37.1. The van der Waals surface area contributed by atoms with Crippen molar-refractivity contribution >= 4 is 6.08 Å². The van der Waals surface area contributed by atoms with Crippen molar-refractivity contribution in [3.8, 4) is 12.3 Å². The molecular weight excluding hydrogens is 687 g/mol. The standard InChI is InChI=1S/C30H50O.C22H27NO2/c1-20(2)10-9-11-21(3)22-14-18-30(8)24-12-13-25-27(4,5)26(31)16-17-28(25,6)23(24)15-19-29(22,30)7;1-4-22(24)10-8-18-16-6-5-15-11-19-14(13-23-25-19)12-20(15,2)17(16)7-9-21(18,22)3/h10,21-22,25-26,31H,9,11-19H2,1-8H3;1,11,13,16-18,24H,5-10,12H2,2-3H3. The van der Waals surface area contributed by atoms with E-state index in [1.807, 2.05) is 17.3 Å². The Morgan fingerprint density at radius 2 is 1.62 bits per heavy atom. The van der Waals surface area contributed by atoms with Gasteiger partial charge in [0, 0.05) is 11.0 Å². The van der Waals surface area contributed by atoms with Crippen molar-refractivity contribution in [2.75, 3.05) is 0 Å². The van der Waals surface area contributed by atoms with Crippen molar-refractivity contribution in [1.29, 1.82) is 0 Å². The number of terminal acetylenes is 1. The van der Waals surface area contributed by atoms with Gasteiger partial charge >= 0.3 is 0 Å². The van der Waals surface area contributed by atoms with Crippen LogP contribution in [0.2, 0.25) is 0 Å². The lowest BCUT2D eigenvalue weighted by atomic mass is 9.43. The minimum Gasteiger partial charge on any atom is -0.393 e. The first-order valence-corrected chi connectivity index (χ1v) is 23.2. The molecule has 0 amide bonds. The first-order valence-electron chi connectivity index (χ1n) is 23.2. The summed E-state index contributed by atoms with van der Waals surface area (Å²) in [6, 6.07) is 0. The summed E-state index contributed by atoms with van der Waals surface area (Å²) in [5, 5.41) is 25.9. The van der Waals surface area contributed by atoms with Gasteiger partial charge in [-0.05, 0) is 192 Å². The Morgan fingerprint density at radius 1 is 0.875 bits per heavy atom. The summed E-state index contributed by atoms with van der Waals surface area (Å²) in [7, 11) is 0. The highest BCUT2D eigenvalue weighted by Crippen LogP contribution is 2.73. The van der Waals surface area contributed by atoms with E-state index in [2.05, 4.69) is 92.5 Å². The number of aromatic nitrogens is 1. The van der Waals surface area contributed by atoms with Gasteiger partial charge in [-0.3, -0.25) is 0 Å². The highest BCUT2D eigenvalue weighted by molar-refractivity contribution is 5.57. The molecule has 0 radical (unpaired) electrons. The Labute approximate surface area is 341 Å². The molecule has 9 rings (SSSR count). The Kier molecular flexibility index (Phi) is 9.97. The van der Waals surface area contributed by atoms with Crippen molar-refractivity contribution in [2.45, 2.75) is 190 Å². The van der Waals surface area contributed by atoms with E-state index in [4.69, 9.17) is 10.9 Å². The fourth-order valence-electron chi connectivity index (χ4n) is 16.6. The van der Waals surface area contributed by atoms with Crippen molar-refractivity contribution in [3.05, 3.63) is 45.9 Å². The molecule has 0 aliphatic heterocycles. The average Bonchev–Trinajstić information content (AvgIpc) is 3.80. The van der Waals surface area contributed by atoms with Gasteiger partial charge in [-0.25, -0.2) is 0 Å². The number of rotatable bonds is 4. The Bertz CT molecular complexity index is 1830. The Morgan fingerprint density at radius 3 is 2.36 bits per heavy atom. The highest BCUT2D eigenvalue weighted by atomic mass is 16.5. The molecular formula is C52H77NO3. The van der Waals surface area contributed by atoms with E-state index in [0.29, 0.717) is 39.9 Å². The zero-order chi connectivity index (χ0) is 40.3. The second kappa shape index (κ2) is 13.7. The van der Waals surface area contributed by atoms with Crippen LogP contribution in [0.15, 0.2) is 39.1 Å². The van der Waals surface area contributed by atoms with Crippen LogP contribution in [-0.2, 0) is 6.42 Å². The van der Waals surface area contributed by atoms with Crippen LogP contribution in [0.4, 0.5) is 0 Å². The van der Waals surface area contributed by atoms with E-state index in [9.17, 15) is 10.2 Å². The van der Waals surface area contributed by atoms with Crippen molar-refractivity contribution < 1.29 is 14.7 Å². The van der Waals surface area contributed by atoms with E-state index in [1.54, 1.807) is 5.57 Å². The molecule has 4 nitrogen and oxygen atoms in total. The minimum atomic E-state index is -0.909. The van der Waals surface area contributed by atoms with Crippen LogP contribution in [0.5, 0.6) is 0 Å². The third kappa shape index (κ3) is 5.68. The summed E-state index contributed by atoms with van der Waals surface area (Å²) in [5.74, 6) is 7.96. The molecule has 5 fully saturated rings. The maximum atomic E-state index is 11.1. The summed E-state index contributed by atoms with van der Waals surface area (Å²) in [6.45, 7) is 24.3. The molecule has 5 saturated carbocycles. The molecule has 8 aliphatic rings. The van der Waals surface area contributed by atoms with Crippen LogP contribution >= 0.6 is 0 Å². The molecule has 308 valence electrons. The van der Waals surface area contributed by atoms with Crippen LogP contribution in [0, 0.1) is 80.3 Å². The van der Waals surface area contributed by atoms with Gasteiger partial charge in [0.2, 0.25) is 0 Å². The molecule has 56 heavy (non-hydrogen) atoms. The minimum absolute atomic E-state index is 0.0465. The number of aliphatic hydroxyl groups excluding tert-OH is 1. The van der Waals surface area contributed by atoms with E-state index >= 15 is 0 Å². The third-order valence-corrected chi connectivity index (χ3v) is 20.3. The van der Waals surface area contributed by atoms with Crippen LogP contribution < -0.4 is 0 Å². The second-order valence-electron chi connectivity index (χ2n) is 23.0. The fourth-order valence-corrected chi connectivity index (χ4v) is 16.6. The number of hydrogen-bond donors (Lipinski definition) is 2. The lowest BCUT2D eigenvalue weighted by molar-refractivity contribution is -0.0975. The molecule has 13 atom stereocenters. The molecule has 1 heterocycles.